The summed E-state index contributed by atoms with van der Waals surface area (Å²) in [6, 6.07) is 5.83. The third-order valence-electron chi connectivity index (χ3n) is 3.82. The van der Waals surface area contributed by atoms with Crippen molar-refractivity contribution in [1.82, 2.24) is 5.32 Å². The quantitative estimate of drug-likeness (QED) is 0.814. The number of nitrogens with one attached hydrogen (secondary N) is 1. The first-order valence-corrected chi connectivity index (χ1v) is 7.64. The number of nitrogens with zero attached hydrogens (tertiary/aromatic N) is 1. The maximum absolute atomic E-state index is 12.0. The Morgan fingerprint density at radius 1 is 1.55 bits per heavy atom. The van der Waals surface area contributed by atoms with Crippen LogP contribution in [0.2, 0.25) is 0 Å². The van der Waals surface area contributed by atoms with Crippen molar-refractivity contribution in [2.45, 2.75) is 13.3 Å². The molecule has 1 heterocycles. The lowest BCUT2D eigenvalue weighted by Crippen LogP contribution is -2.39. The standard InChI is InChI=1S/C14H18BrN3OS/c1-14(13(19)17-2)5-6-18(8-14)11-4-3-9(12(16)20)7-10(11)15/h3-4,7H,5-6,8H2,1-2H3,(H2,16,20)(H,17,19). The van der Waals surface area contributed by atoms with Crippen LogP contribution in [0.15, 0.2) is 22.7 Å². The Labute approximate surface area is 132 Å². The molecule has 1 unspecified atom stereocenters. The summed E-state index contributed by atoms with van der Waals surface area (Å²) in [4.78, 5) is 14.6. The number of anilines is 1. The number of rotatable bonds is 3. The fraction of sp³-hybridized carbons (Fsp3) is 0.429. The second-order valence-electron chi connectivity index (χ2n) is 5.34. The van der Waals surface area contributed by atoms with Crippen LogP contribution in [0.25, 0.3) is 0 Å². The zero-order valence-electron chi connectivity index (χ0n) is 11.6. The molecule has 1 amide bonds. The van der Waals surface area contributed by atoms with Crippen molar-refractivity contribution >= 4 is 44.7 Å². The molecule has 108 valence electrons. The molecule has 4 nitrogen and oxygen atoms in total. The molecular formula is C14H18BrN3OS. The fourth-order valence-electron chi connectivity index (χ4n) is 2.57. The number of hydrogen-bond donors (Lipinski definition) is 2. The van der Waals surface area contributed by atoms with Crippen molar-refractivity contribution in [2.24, 2.45) is 11.1 Å². The molecule has 1 saturated heterocycles. The van der Waals surface area contributed by atoms with Crippen LogP contribution >= 0.6 is 28.1 Å². The molecule has 0 saturated carbocycles. The second-order valence-corrected chi connectivity index (χ2v) is 6.64. The average molecular weight is 356 g/mol. The van der Waals surface area contributed by atoms with Crippen molar-refractivity contribution in [3.8, 4) is 0 Å². The zero-order valence-corrected chi connectivity index (χ0v) is 14.0. The smallest absolute Gasteiger partial charge is 0.227 e. The Kier molecular flexibility index (Phi) is 4.34. The van der Waals surface area contributed by atoms with E-state index in [0.717, 1.165) is 28.7 Å². The lowest BCUT2D eigenvalue weighted by Gasteiger charge is -2.24. The van der Waals surface area contributed by atoms with E-state index in [1.807, 2.05) is 25.1 Å². The van der Waals surface area contributed by atoms with Crippen molar-refractivity contribution < 1.29 is 4.79 Å². The molecule has 1 aliphatic heterocycles. The van der Waals surface area contributed by atoms with Gasteiger partial charge in [0.1, 0.15) is 4.99 Å². The Hall–Kier alpha value is -1.14. The molecule has 0 spiro atoms. The van der Waals surface area contributed by atoms with Crippen LogP contribution < -0.4 is 16.0 Å². The van der Waals surface area contributed by atoms with Gasteiger partial charge >= 0.3 is 0 Å². The molecule has 0 bridgehead atoms. The van der Waals surface area contributed by atoms with Crippen LogP contribution in [-0.2, 0) is 4.79 Å². The lowest BCUT2D eigenvalue weighted by atomic mass is 9.89. The van der Waals surface area contributed by atoms with Gasteiger partial charge in [-0.3, -0.25) is 4.79 Å². The highest BCUT2D eigenvalue weighted by molar-refractivity contribution is 9.10. The number of carbonyl (C=O) groups is 1. The molecule has 1 atom stereocenters. The van der Waals surface area contributed by atoms with Gasteiger partial charge in [-0.15, -0.1) is 0 Å². The molecule has 1 aliphatic rings. The highest BCUT2D eigenvalue weighted by Gasteiger charge is 2.40. The maximum atomic E-state index is 12.0. The summed E-state index contributed by atoms with van der Waals surface area (Å²) in [5.41, 5.74) is 7.20. The highest BCUT2D eigenvalue weighted by Crippen LogP contribution is 2.36. The van der Waals surface area contributed by atoms with E-state index in [0.29, 0.717) is 11.5 Å². The first-order chi connectivity index (χ1) is 9.37. The van der Waals surface area contributed by atoms with E-state index in [1.54, 1.807) is 7.05 Å². The Morgan fingerprint density at radius 2 is 2.25 bits per heavy atom. The molecule has 20 heavy (non-hydrogen) atoms. The summed E-state index contributed by atoms with van der Waals surface area (Å²) < 4.78 is 0.948. The number of thiocarbonyl (C=S) groups is 1. The van der Waals surface area contributed by atoms with Gasteiger partial charge in [0, 0.05) is 30.2 Å². The SMILES string of the molecule is CNC(=O)C1(C)CCN(c2ccc(C(N)=S)cc2Br)C1. The van der Waals surface area contributed by atoms with Gasteiger partial charge in [0.15, 0.2) is 0 Å². The van der Waals surface area contributed by atoms with Gasteiger partial charge in [-0.25, -0.2) is 0 Å². The third kappa shape index (κ3) is 2.81. The van der Waals surface area contributed by atoms with Crippen LogP contribution in [0, 0.1) is 5.41 Å². The summed E-state index contributed by atoms with van der Waals surface area (Å²) in [5.74, 6) is 0.0934. The number of halogens is 1. The summed E-state index contributed by atoms with van der Waals surface area (Å²) in [6.45, 7) is 3.57. The minimum atomic E-state index is -0.337. The van der Waals surface area contributed by atoms with E-state index in [1.165, 1.54) is 0 Å². The largest absolute Gasteiger partial charge is 0.389 e. The Balaban J connectivity index is 2.22. The molecule has 6 heteroatoms. The first kappa shape index (κ1) is 15.3. The van der Waals surface area contributed by atoms with Crippen LogP contribution in [0.1, 0.15) is 18.9 Å². The summed E-state index contributed by atoms with van der Waals surface area (Å²) in [7, 11) is 1.68. The molecule has 0 aromatic heterocycles. The molecule has 0 aliphatic carbocycles. The lowest BCUT2D eigenvalue weighted by molar-refractivity contribution is -0.128. The van der Waals surface area contributed by atoms with Crippen molar-refractivity contribution in [3.05, 3.63) is 28.2 Å². The predicted molar refractivity (Wildman–Crippen MR) is 89.0 cm³/mol. The van der Waals surface area contributed by atoms with Crippen molar-refractivity contribution in [3.63, 3.8) is 0 Å². The van der Waals surface area contributed by atoms with Crippen LogP contribution in [0.4, 0.5) is 5.69 Å². The zero-order chi connectivity index (χ0) is 14.9. The van der Waals surface area contributed by atoms with E-state index in [-0.39, 0.29) is 11.3 Å². The molecule has 1 aromatic rings. The summed E-state index contributed by atoms with van der Waals surface area (Å²) in [5, 5.41) is 2.75. The van der Waals surface area contributed by atoms with Crippen LogP contribution in [0.5, 0.6) is 0 Å². The van der Waals surface area contributed by atoms with Gasteiger partial charge < -0.3 is 16.0 Å². The van der Waals surface area contributed by atoms with Crippen molar-refractivity contribution in [2.75, 3.05) is 25.0 Å². The van der Waals surface area contributed by atoms with E-state index in [4.69, 9.17) is 18.0 Å². The minimum Gasteiger partial charge on any atom is -0.389 e. The van der Waals surface area contributed by atoms with Gasteiger partial charge in [-0.2, -0.15) is 0 Å². The van der Waals surface area contributed by atoms with Gasteiger partial charge in [-0.05, 0) is 47.5 Å². The number of nitrogens with two attached hydrogens (primary N) is 1. The number of hydrogen-bond acceptors (Lipinski definition) is 3. The number of carbonyl (C=O) groups excluding carboxylic acids is 1. The van der Waals surface area contributed by atoms with E-state index >= 15 is 0 Å². The first-order valence-electron chi connectivity index (χ1n) is 6.44. The molecular weight excluding hydrogens is 338 g/mol. The molecule has 1 aromatic carbocycles. The second kappa shape index (κ2) is 5.69. The Morgan fingerprint density at radius 3 is 2.80 bits per heavy atom. The van der Waals surface area contributed by atoms with E-state index in [2.05, 4.69) is 26.1 Å². The van der Waals surface area contributed by atoms with Gasteiger partial charge in [-0.1, -0.05) is 12.2 Å². The van der Waals surface area contributed by atoms with Crippen LogP contribution in [0.3, 0.4) is 0 Å². The summed E-state index contributed by atoms with van der Waals surface area (Å²) in [6.07, 6.45) is 0.843. The molecule has 1 fully saturated rings. The molecule has 3 N–H and O–H groups in total. The average Bonchev–Trinajstić information content (AvgIpc) is 2.81. The molecule has 0 radical (unpaired) electrons. The fourth-order valence-corrected chi connectivity index (χ4v) is 3.33. The topological polar surface area (TPSA) is 58.4 Å². The third-order valence-corrected chi connectivity index (χ3v) is 4.69. The van der Waals surface area contributed by atoms with E-state index < -0.39 is 0 Å². The normalized spacial score (nSPS) is 21.9. The van der Waals surface area contributed by atoms with Gasteiger partial charge in [0.05, 0.1) is 11.1 Å². The van der Waals surface area contributed by atoms with Gasteiger partial charge in [0.2, 0.25) is 5.91 Å². The van der Waals surface area contributed by atoms with E-state index in [9.17, 15) is 4.79 Å². The van der Waals surface area contributed by atoms with Gasteiger partial charge in [0.25, 0.3) is 0 Å². The minimum absolute atomic E-state index is 0.0934. The maximum Gasteiger partial charge on any atom is 0.227 e. The Bertz CT molecular complexity index is 563. The summed E-state index contributed by atoms with van der Waals surface area (Å²) >= 11 is 8.54. The monoisotopic (exact) mass is 355 g/mol. The van der Waals surface area contributed by atoms with Crippen molar-refractivity contribution in [1.29, 1.82) is 0 Å². The predicted octanol–water partition coefficient (Wildman–Crippen LogP) is 2.05. The number of amides is 1. The number of benzene rings is 1. The highest BCUT2D eigenvalue weighted by atomic mass is 79.9. The molecule has 2 rings (SSSR count). The van der Waals surface area contributed by atoms with Crippen LogP contribution in [-0.4, -0.2) is 31.0 Å².